The van der Waals surface area contributed by atoms with E-state index in [2.05, 4.69) is 4.72 Å². The van der Waals surface area contributed by atoms with Gasteiger partial charge in [-0.05, 0) is 43.2 Å². The van der Waals surface area contributed by atoms with Crippen molar-refractivity contribution in [2.24, 2.45) is 0 Å². The Morgan fingerprint density at radius 1 is 1.10 bits per heavy atom. The lowest BCUT2D eigenvalue weighted by atomic mass is 10.1. The van der Waals surface area contributed by atoms with E-state index in [0.29, 0.717) is 11.3 Å². The Bertz CT molecular complexity index is 697. The van der Waals surface area contributed by atoms with Crippen molar-refractivity contribution in [1.29, 1.82) is 0 Å². The first-order valence-electron chi connectivity index (χ1n) is 6.33. The van der Waals surface area contributed by atoms with Crippen LogP contribution in [0.1, 0.15) is 24.1 Å². The zero-order valence-corrected chi connectivity index (χ0v) is 12.3. The van der Waals surface area contributed by atoms with Crippen molar-refractivity contribution >= 4 is 15.7 Å². The summed E-state index contributed by atoms with van der Waals surface area (Å²) in [5, 5.41) is 0. The van der Waals surface area contributed by atoms with Gasteiger partial charge in [0.2, 0.25) is 10.0 Å². The van der Waals surface area contributed by atoms with Gasteiger partial charge < -0.3 is 5.73 Å². The fourth-order valence-corrected chi connectivity index (χ4v) is 3.54. The molecule has 5 heteroatoms. The van der Waals surface area contributed by atoms with E-state index in [1.807, 2.05) is 37.3 Å². The number of benzene rings is 2. The van der Waals surface area contributed by atoms with E-state index in [4.69, 9.17) is 5.73 Å². The summed E-state index contributed by atoms with van der Waals surface area (Å²) < 4.78 is 27.5. The van der Waals surface area contributed by atoms with E-state index < -0.39 is 10.0 Å². The van der Waals surface area contributed by atoms with E-state index >= 15 is 0 Å². The number of nitrogen functional groups attached to an aromatic ring is 1. The fraction of sp³-hybridized carbons (Fsp3) is 0.200. The second-order valence-corrected chi connectivity index (χ2v) is 6.46. The van der Waals surface area contributed by atoms with Crippen LogP contribution in [0.2, 0.25) is 0 Å². The second-order valence-electron chi connectivity index (χ2n) is 4.78. The second kappa shape index (κ2) is 5.64. The molecule has 0 radical (unpaired) electrons. The molecule has 0 aliphatic heterocycles. The number of hydrogen-bond acceptors (Lipinski definition) is 3. The Morgan fingerprint density at radius 2 is 1.75 bits per heavy atom. The van der Waals surface area contributed by atoms with Crippen LogP contribution in [0.4, 0.5) is 5.69 Å². The molecule has 0 amide bonds. The van der Waals surface area contributed by atoms with Crippen LogP contribution in [-0.4, -0.2) is 8.42 Å². The zero-order chi connectivity index (χ0) is 14.8. The van der Waals surface area contributed by atoms with Crippen molar-refractivity contribution in [2.75, 3.05) is 5.73 Å². The lowest BCUT2D eigenvalue weighted by molar-refractivity contribution is 0.566. The number of rotatable bonds is 4. The Hall–Kier alpha value is -1.85. The zero-order valence-electron chi connectivity index (χ0n) is 11.5. The molecule has 1 unspecified atom stereocenters. The summed E-state index contributed by atoms with van der Waals surface area (Å²) in [6.45, 7) is 3.55. The van der Waals surface area contributed by atoms with Crippen molar-refractivity contribution in [3.05, 3.63) is 59.7 Å². The Kier molecular flexibility index (Phi) is 4.11. The first-order chi connectivity index (χ1) is 9.40. The van der Waals surface area contributed by atoms with E-state index in [-0.39, 0.29) is 10.9 Å². The molecule has 4 nitrogen and oxygen atoms in total. The molecule has 0 heterocycles. The summed E-state index contributed by atoms with van der Waals surface area (Å²) in [7, 11) is -3.56. The minimum absolute atomic E-state index is 0.259. The van der Waals surface area contributed by atoms with Crippen LogP contribution in [-0.2, 0) is 10.0 Å². The number of hydrogen-bond donors (Lipinski definition) is 2. The summed E-state index contributed by atoms with van der Waals surface area (Å²) in [5.74, 6) is 0. The maximum Gasteiger partial charge on any atom is 0.241 e. The summed E-state index contributed by atoms with van der Waals surface area (Å²) >= 11 is 0. The third-order valence-corrected chi connectivity index (χ3v) is 4.82. The largest absolute Gasteiger partial charge is 0.399 e. The third kappa shape index (κ3) is 3.18. The number of nitrogens with one attached hydrogen (secondary N) is 1. The van der Waals surface area contributed by atoms with Crippen LogP contribution in [0.25, 0.3) is 0 Å². The summed E-state index contributed by atoms with van der Waals surface area (Å²) in [5.41, 5.74) is 7.76. The lowest BCUT2D eigenvalue weighted by Crippen LogP contribution is -2.27. The smallest absolute Gasteiger partial charge is 0.241 e. The molecule has 0 bridgehead atoms. The minimum atomic E-state index is -3.56. The number of aryl methyl sites for hydroxylation is 1. The van der Waals surface area contributed by atoms with E-state index in [1.54, 1.807) is 19.1 Å². The van der Waals surface area contributed by atoms with Gasteiger partial charge in [-0.15, -0.1) is 0 Å². The maximum atomic E-state index is 12.4. The van der Waals surface area contributed by atoms with Crippen LogP contribution < -0.4 is 10.5 Å². The Morgan fingerprint density at radius 3 is 2.35 bits per heavy atom. The van der Waals surface area contributed by atoms with Crippen molar-refractivity contribution < 1.29 is 8.42 Å². The molecule has 2 aromatic carbocycles. The Labute approximate surface area is 119 Å². The van der Waals surface area contributed by atoms with Crippen LogP contribution in [0.15, 0.2) is 53.4 Å². The highest BCUT2D eigenvalue weighted by molar-refractivity contribution is 7.89. The summed E-state index contributed by atoms with van der Waals surface area (Å²) in [4.78, 5) is 0.259. The minimum Gasteiger partial charge on any atom is -0.399 e. The van der Waals surface area contributed by atoms with E-state index in [9.17, 15) is 8.42 Å². The van der Waals surface area contributed by atoms with Gasteiger partial charge in [0.25, 0.3) is 0 Å². The molecule has 2 rings (SSSR count). The topological polar surface area (TPSA) is 72.2 Å². The van der Waals surface area contributed by atoms with Gasteiger partial charge in [-0.25, -0.2) is 13.1 Å². The number of anilines is 1. The highest BCUT2D eigenvalue weighted by Gasteiger charge is 2.20. The van der Waals surface area contributed by atoms with Crippen molar-refractivity contribution in [3.63, 3.8) is 0 Å². The average Bonchev–Trinajstić information content (AvgIpc) is 2.38. The average molecular weight is 290 g/mol. The third-order valence-electron chi connectivity index (χ3n) is 3.12. The van der Waals surface area contributed by atoms with Crippen molar-refractivity contribution in [3.8, 4) is 0 Å². The van der Waals surface area contributed by atoms with Gasteiger partial charge in [-0.1, -0.05) is 30.3 Å². The van der Waals surface area contributed by atoms with Crippen LogP contribution in [0.3, 0.4) is 0 Å². The van der Waals surface area contributed by atoms with Crippen molar-refractivity contribution in [2.45, 2.75) is 24.8 Å². The standard InChI is InChI=1S/C15H18N2O2S/c1-11-10-14(16)8-9-15(11)20(18,19)17-12(2)13-6-4-3-5-7-13/h3-10,12,17H,16H2,1-2H3. The summed E-state index contributed by atoms with van der Waals surface area (Å²) in [6, 6.07) is 13.9. The quantitative estimate of drug-likeness (QED) is 0.850. The molecule has 0 saturated heterocycles. The molecule has 0 fully saturated rings. The number of nitrogens with two attached hydrogens (primary N) is 1. The monoisotopic (exact) mass is 290 g/mol. The van der Waals surface area contributed by atoms with Gasteiger partial charge in [-0.2, -0.15) is 0 Å². The predicted molar refractivity (Wildman–Crippen MR) is 80.8 cm³/mol. The van der Waals surface area contributed by atoms with Gasteiger partial charge in [0.05, 0.1) is 4.90 Å². The molecular weight excluding hydrogens is 272 g/mol. The molecule has 3 N–H and O–H groups in total. The van der Waals surface area contributed by atoms with Crippen molar-refractivity contribution in [1.82, 2.24) is 4.72 Å². The van der Waals surface area contributed by atoms with Gasteiger partial charge >= 0.3 is 0 Å². The Balaban J connectivity index is 2.28. The fourth-order valence-electron chi connectivity index (χ4n) is 2.08. The molecule has 1 atom stereocenters. The van der Waals surface area contributed by atoms with Gasteiger partial charge in [0, 0.05) is 11.7 Å². The highest BCUT2D eigenvalue weighted by atomic mass is 32.2. The van der Waals surface area contributed by atoms with Gasteiger partial charge in [-0.3, -0.25) is 0 Å². The molecule has 2 aromatic rings. The van der Waals surface area contributed by atoms with Crippen LogP contribution >= 0.6 is 0 Å². The van der Waals surface area contributed by atoms with Gasteiger partial charge in [0.15, 0.2) is 0 Å². The number of sulfonamides is 1. The molecule has 0 aliphatic carbocycles. The molecule has 106 valence electrons. The van der Waals surface area contributed by atoms with Crippen LogP contribution in [0, 0.1) is 6.92 Å². The summed E-state index contributed by atoms with van der Waals surface area (Å²) in [6.07, 6.45) is 0. The first kappa shape index (κ1) is 14.6. The van der Waals surface area contributed by atoms with E-state index in [0.717, 1.165) is 5.56 Å². The molecule has 0 saturated carbocycles. The maximum absolute atomic E-state index is 12.4. The molecule has 0 aromatic heterocycles. The SMILES string of the molecule is Cc1cc(N)ccc1S(=O)(=O)NC(C)c1ccccc1. The highest BCUT2D eigenvalue weighted by Crippen LogP contribution is 2.21. The molecule has 0 spiro atoms. The lowest BCUT2D eigenvalue weighted by Gasteiger charge is -2.16. The van der Waals surface area contributed by atoms with Gasteiger partial charge in [0.1, 0.15) is 0 Å². The molecule has 20 heavy (non-hydrogen) atoms. The normalized spacial score (nSPS) is 13.1. The molecular formula is C15H18N2O2S. The predicted octanol–water partition coefficient (Wildman–Crippen LogP) is 2.62. The van der Waals surface area contributed by atoms with E-state index in [1.165, 1.54) is 6.07 Å². The first-order valence-corrected chi connectivity index (χ1v) is 7.82. The molecule has 0 aliphatic rings. The van der Waals surface area contributed by atoms with Crippen LogP contribution in [0.5, 0.6) is 0 Å².